The Labute approximate surface area is 86.3 Å². The van der Waals surface area contributed by atoms with Gasteiger partial charge in [-0.25, -0.2) is 0 Å². The maximum absolute atomic E-state index is 5.68. The summed E-state index contributed by atoms with van der Waals surface area (Å²) in [5.74, 6) is 0. The van der Waals surface area contributed by atoms with Crippen LogP contribution in [0.4, 0.5) is 0 Å². The highest BCUT2D eigenvalue weighted by molar-refractivity contribution is 5.17. The quantitative estimate of drug-likeness (QED) is 0.632. The molecule has 1 aliphatic heterocycles. The molecule has 2 nitrogen and oxygen atoms in total. The first kappa shape index (κ1) is 10.2. The summed E-state index contributed by atoms with van der Waals surface area (Å²) < 4.78 is 11.4. The Hall–Kier alpha value is -0.340. The molecule has 0 N–H and O–H groups in total. The average molecular weight is 196 g/mol. The van der Waals surface area contributed by atoms with E-state index in [9.17, 15) is 0 Å². The van der Waals surface area contributed by atoms with Gasteiger partial charge in [0.05, 0.1) is 6.61 Å². The second kappa shape index (κ2) is 4.03. The van der Waals surface area contributed by atoms with Crippen LogP contribution in [0.5, 0.6) is 0 Å². The van der Waals surface area contributed by atoms with E-state index in [2.05, 4.69) is 6.58 Å². The lowest BCUT2D eigenvalue weighted by atomic mass is 9.70. The third-order valence-corrected chi connectivity index (χ3v) is 3.63. The largest absolute Gasteiger partial charge is 0.352 e. The van der Waals surface area contributed by atoms with Gasteiger partial charge in [-0.15, -0.1) is 0 Å². The molecule has 1 heterocycles. The van der Waals surface area contributed by atoms with E-state index in [-0.39, 0.29) is 11.7 Å². The topological polar surface area (TPSA) is 18.5 Å². The van der Waals surface area contributed by atoms with Crippen LogP contribution in [-0.4, -0.2) is 19.5 Å². The van der Waals surface area contributed by atoms with Crippen LogP contribution < -0.4 is 0 Å². The van der Waals surface area contributed by atoms with Gasteiger partial charge in [-0.2, -0.15) is 0 Å². The van der Waals surface area contributed by atoms with Crippen LogP contribution in [0.25, 0.3) is 0 Å². The lowest BCUT2D eigenvalue weighted by Crippen LogP contribution is -2.36. The molecule has 0 amide bonds. The SMILES string of the molecule is C=C1COC(OCC)C12CCCCC2. The molecule has 80 valence electrons. The van der Waals surface area contributed by atoms with Gasteiger partial charge in [0.15, 0.2) is 6.29 Å². The van der Waals surface area contributed by atoms with Crippen molar-refractivity contribution in [3.63, 3.8) is 0 Å². The zero-order valence-electron chi connectivity index (χ0n) is 9.05. The van der Waals surface area contributed by atoms with E-state index in [1.807, 2.05) is 6.92 Å². The molecule has 2 aliphatic rings. The molecule has 0 bridgehead atoms. The van der Waals surface area contributed by atoms with Crippen LogP contribution in [0.1, 0.15) is 39.0 Å². The summed E-state index contributed by atoms with van der Waals surface area (Å²) in [5, 5.41) is 0. The van der Waals surface area contributed by atoms with Crippen molar-refractivity contribution in [3.05, 3.63) is 12.2 Å². The van der Waals surface area contributed by atoms with Gasteiger partial charge >= 0.3 is 0 Å². The molecule has 1 aliphatic carbocycles. The van der Waals surface area contributed by atoms with E-state index in [1.165, 1.54) is 37.7 Å². The Kier molecular flexibility index (Phi) is 2.93. The number of rotatable bonds is 2. The van der Waals surface area contributed by atoms with E-state index in [0.717, 1.165) is 6.61 Å². The predicted molar refractivity (Wildman–Crippen MR) is 56.0 cm³/mol. The number of ether oxygens (including phenoxy) is 2. The van der Waals surface area contributed by atoms with E-state index < -0.39 is 0 Å². The molecule has 0 aromatic rings. The smallest absolute Gasteiger partial charge is 0.167 e. The molecule has 1 saturated heterocycles. The summed E-state index contributed by atoms with van der Waals surface area (Å²) in [6.45, 7) is 7.62. The van der Waals surface area contributed by atoms with Crippen molar-refractivity contribution in [1.82, 2.24) is 0 Å². The fourth-order valence-electron chi connectivity index (χ4n) is 2.78. The van der Waals surface area contributed by atoms with Crippen LogP contribution in [0.15, 0.2) is 12.2 Å². The fraction of sp³-hybridized carbons (Fsp3) is 0.833. The summed E-state index contributed by atoms with van der Waals surface area (Å²) in [6.07, 6.45) is 6.35. The van der Waals surface area contributed by atoms with Gasteiger partial charge in [0.1, 0.15) is 0 Å². The van der Waals surface area contributed by atoms with Gasteiger partial charge in [0.2, 0.25) is 0 Å². The van der Waals surface area contributed by atoms with Crippen molar-refractivity contribution in [1.29, 1.82) is 0 Å². The molecule has 2 heteroatoms. The van der Waals surface area contributed by atoms with E-state index >= 15 is 0 Å². The first-order chi connectivity index (χ1) is 6.79. The minimum Gasteiger partial charge on any atom is -0.352 e. The monoisotopic (exact) mass is 196 g/mol. The maximum Gasteiger partial charge on any atom is 0.167 e. The molecule has 0 aromatic heterocycles. The lowest BCUT2D eigenvalue weighted by Gasteiger charge is -2.37. The molecule has 2 rings (SSSR count). The Morgan fingerprint density at radius 1 is 1.43 bits per heavy atom. The first-order valence-corrected chi connectivity index (χ1v) is 5.71. The Bertz CT molecular complexity index is 216. The van der Waals surface area contributed by atoms with Crippen LogP contribution in [0.3, 0.4) is 0 Å². The Morgan fingerprint density at radius 2 is 2.14 bits per heavy atom. The highest BCUT2D eigenvalue weighted by atomic mass is 16.7. The summed E-state index contributed by atoms with van der Waals surface area (Å²) >= 11 is 0. The molecule has 1 atom stereocenters. The molecule has 2 fully saturated rings. The van der Waals surface area contributed by atoms with Crippen molar-refractivity contribution in [2.75, 3.05) is 13.2 Å². The van der Waals surface area contributed by atoms with Crippen molar-refractivity contribution in [2.45, 2.75) is 45.3 Å². The van der Waals surface area contributed by atoms with Gasteiger partial charge < -0.3 is 9.47 Å². The molecule has 14 heavy (non-hydrogen) atoms. The second-order valence-electron chi connectivity index (χ2n) is 4.42. The summed E-state index contributed by atoms with van der Waals surface area (Å²) in [6, 6.07) is 0. The highest BCUT2D eigenvalue weighted by Gasteiger charge is 2.47. The van der Waals surface area contributed by atoms with Crippen molar-refractivity contribution >= 4 is 0 Å². The zero-order valence-corrected chi connectivity index (χ0v) is 9.05. The summed E-state index contributed by atoms with van der Waals surface area (Å²) in [5.41, 5.74) is 1.42. The van der Waals surface area contributed by atoms with Gasteiger partial charge in [-0.05, 0) is 25.3 Å². The molecule has 1 spiro atoms. The summed E-state index contributed by atoms with van der Waals surface area (Å²) in [4.78, 5) is 0. The Balaban J connectivity index is 2.13. The van der Waals surface area contributed by atoms with Crippen LogP contribution >= 0.6 is 0 Å². The van der Waals surface area contributed by atoms with Gasteiger partial charge in [-0.3, -0.25) is 0 Å². The minimum absolute atomic E-state index is 0.0136. The number of hydrogen-bond donors (Lipinski definition) is 0. The van der Waals surface area contributed by atoms with Crippen LogP contribution in [-0.2, 0) is 9.47 Å². The van der Waals surface area contributed by atoms with Crippen molar-refractivity contribution in [3.8, 4) is 0 Å². The lowest BCUT2D eigenvalue weighted by molar-refractivity contribution is -0.162. The second-order valence-corrected chi connectivity index (χ2v) is 4.42. The minimum atomic E-state index is -0.0136. The van der Waals surface area contributed by atoms with E-state index in [4.69, 9.17) is 9.47 Å². The average Bonchev–Trinajstić information content (AvgIpc) is 2.49. The van der Waals surface area contributed by atoms with Gasteiger partial charge in [0.25, 0.3) is 0 Å². The van der Waals surface area contributed by atoms with Crippen molar-refractivity contribution < 1.29 is 9.47 Å². The third kappa shape index (κ3) is 1.51. The standard InChI is InChI=1S/C12H20O2/c1-3-13-11-12(10(2)9-14-11)7-5-4-6-8-12/h11H,2-9H2,1H3. The van der Waals surface area contributed by atoms with Gasteiger partial charge in [-0.1, -0.05) is 25.8 Å². The third-order valence-electron chi connectivity index (χ3n) is 3.63. The van der Waals surface area contributed by atoms with Crippen LogP contribution in [0.2, 0.25) is 0 Å². The molecule has 0 radical (unpaired) electrons. The summed E-state index contributed by atoms with van der Waals surface area (Å²) in [7, 11) is 0. The molecular weight excluding hydrogens is 176 g/mol. The fourth-order valence-corrected chi connectivity index (χ4v) is 2.78. The Morgan fingerprint density at radius 3 is 2.79 bits per heavy atom. The first-order valence-electron chi connectivity index (χ1n) is 5.71. The molecular formula is C12H20O2. The normalized spacial score (nSPS) is 31.2. The van der Waals surface area contributed by atoms with E-state index in [1.54, 1.807) is 0 Å². The zero-order chi connectivity index (χ0) is 10.0. The van der Waals surface area contributed by atoms with Crippen LogP contribution in [0, 0.1) is 5.41 Å². The predicted octanol–water partition coefficient (Wildman–Crippen LogP) is 2.89. The van der Waals surface area contributed by atoms with Gasteiger partial charge in [0, 0.05) is 12.0 Å². The number of hydrogen-bond acceptors (Lipinski definition) is 2. The molecule has 0 aromatic carbocycles. The molecule has 1 saturated carbocycles. The highest BCUT2D eigenvalue weighted by Crippen LogP contribution is 2.49. The maximum atomic E-state index is 5.68. The van der Waals surface area contributed by atoms with E-state index in [0.29, 0.717) is 6.61 Å². The molecule has 1 unspecified atom stereocenters. The van der Waals surface area contributed by atoms with Crippen molar-refractivity contribution in [2.24, 2.45) is 5.41 Å².